The van der Waals surface area contributed by atoms with Crippen molar-refractivity contribution < 1.29 is 9.53 Å². The zero-order valence-electron chi connectivity index (χ0n) is 9.33. The maximum absolute atomic E-state index is 11.8. The number of carbonyl (C=O) groups excluding carboxylic acids is 1. The van der Waals surface area contributed by atoms with E-state index in [9.17, 15) is 4.79 Å². The average molecular weight is 247 g/mol. The molecule has 1 aromatic rings. The fourth-order valence-electron chi connectivity index (χ4n) is 1.41. The standard InChI is InChI=1S/C13H13NO2S/c1-2-11-8-14-13(16-11)17-9-12(15)10-6-4-3-5-7-10/h2-7,11H,1,8-9H2. The molecule has 17 heavy (non-hydrogen) atoms. The molecular formula is C13H13NO2S. The Morgan fingerprint density at radius 3 is 2.94 bits per heavy atom. The van der Waals surface area contributed by atoms with Crippen LogP contribution in [0.3, 0.4) is 0 Å². The molecule has 0 saturated heterocycles. The second-order valence-electron chi connectivity index (χ2n) is 3.58. The fraction of sp³-hybridized carbons (Fsp3) is 0.231. The van der Waals surface area contributed by atoms with Crippen LogP contribution in [0.25, 0.3) is 0 Å². The third-order valence-corrected chi connectivity index (χ3v) is 3.22. The van der Waals surface area contributed by atoms with Gasteiger partial charge in [-0.15, -0.1) is 0 Å². The molecule has 0 spiro atoms. The monoisotopic (exact) mass is 247 g/mol. The van der Waals surface area contributed by atoms with Crippen molar-refractivity contribution in [1.82, 2.24) is 0 Å². The van der Waals surface area contributed by atoms with Crippen molar-refractivity contribution in [3.8, 4) is 0 Å². The van der Waals surface area contributed by atoms with Gasteiger partial charge in [-0.05, 0) is 6.08 Å². The Morgan fingerprint density at radius 2 is 2.29 bits per heavy atom. The van der Waals surface area contributed by atoms with Crippen LogP contribution < -0.4 is 0 Å². The lowest BCUT2D eigenvalue weighted by Crippen LogP contribution is -2.09. The van der Waals surface area contributed by atoms with E-state index in [1.165, 1.54) is 11.8 Å². The van der Waals surface area contributed by atoms with Crippen LogP contribution in [0.4, 0.5) is 0 Å². The number of ether oxygens (including phenoxy) is 1. The summed E-state index contributed by atoms with van der Waals surface area (Å²) in [6.07, 6.45) is 1.68. The largest absolute Gasteiger partial charge is 0.464 e. The van der Waals surface area contributed by atoms with Gasteiger partial charge in [-0.1, -0.05) is 48.7 Å². The molecule has 0 amide bonds. The van der Waals surface area contributed by atoms with Gasteiger partial charge in [-0.2, -0.15) is 0 Å². The van der Waals surface area contributed by atoms with E-state index in [0.29, 0.717) is 17.5 Å². The maximum Gasteiger partial charge on any atom is 0.247 e. The highest BCUT2D eigenvalue weighted by Gasteiger charge is 2.18. The molecule has 0 fully saturated rings. The zero-order valence-corrected chi connectivity index (χ0v) is 10.2. The molecule has 0 saturated carbocycles. The molecule has 0 N–H and O–H groups in total. The first-order chi connectivity index (χ1) is 8.29. The number of carbonyl (C=O) groups is 1. The number of aliphatic imine (C=N–C) groups is 1. The Balaban J connectivity index is 1.84. The lowest BCUT2D eigenvalue weighted by molar-refractivity contribution is 0.102. The summed E-state index contributed by atoms with van der Waals surface area (Å²) in [6.45, 7) is 4.25. The molecule has 1 heterocycles. The van der Waals surface area contributed by atoms with E-state index in [0.717, 1.165) is 5.56 Å². The fourth-order valence-corrected chi connectivity index (χ4v) is 2.18. The van der Waals surface area contributed by atoms with Crippen molar-refractivity contribution in [3.63, 3.8) is 0 Å². The van der Waals surface area contributed by atoms with Crippen molar-refractivity contribution in [2.45, 2.75) is 6.10 Å². The van der Waals surface area contributed by atoms with Gasteiger partial charge in [0, 0.05) is 5.56 Å². The number of nitrogens with zero attached hydrogens (tertiary/aromatic N) is 1. The molecule has 1 atom stereocenters. The van der Waals surface area contributed by atoms with E-state index < -0.39 is 0 Å². The average Bonchev–Trinajstić information content (AvgIpc) is 2.85. The molecule has 1 unspecified atom stereocenters. The van der Waals surface area contributed by atoms with Gasteiger partial charge in [0.25, 0.3) is 0 Å². The third kappa shape index (κ3) is 3.20. The van der Waals surface area contributed by atoms with Gasteiger partial charge in [0.2, 0.25) is 5.23 Å². The van der Waals surface area contributed by atoms with Gasteiger partial charge < -0.3 is 4.74 Å². The summed E-state index contributed by atoms with van der Waals surface area (Å²) in [5, 5.41) is 0.583. The molecule has 88 valence electrons. The molecular weight excluding hydrogens is 234 g/mol. The van der Waals surface area contributed by atoms with Crippen LogP contribution in [0.1, 0.15) is 10.4 Å². The summed E-state index contributed by atoms with van der Waals surface area (Å²) in [5.41, 5.74) is 0.721. The van der Waals surface area contributed by atoms with Gasteiger partial charge in [-0.3, -0.25) is 4.79 Å². The Bertz CT molecular complexity index is 442. The minimum absolute atomic E-state index is 0.0377. The number of benzene rings is 1. The van der Waals surface area contributed by atoms with Crippen molar-refractivity contribution in [3.05, 3.63) is 48.6 Å². The van der Waals surface area contributed by atoms with Gasteiger partial charge in [-0.25, -0.2) is 4.99 Å². The van der Waals surface area contributed by atoms with Crippen LogP contribution in [0.5, 0.6) is 0 Å². The lowest BCUT2D eigenvalue weighted by Gasteiger charge is -2.05. The summed E-state index contributed by atoms with van der Waals surface area (Å²) in [7, 11) is 0. The first kappa shape index (κ1) is 11.9. The molecule has 0 aliphatic carbocycles. The van der Waals surface area contributed by atoms with Gasteiger partial charge in [0.1, 0.15) is 6.10 Å². The first-order valence-corrected chi connectivity index (χ1v) is 6.33. The molecule has 1 aromatic carbocycles. The van der Waals surface area contributed by atoms with Crippen LogP contribution in [0, 0.1) is 0 Å². The normalized spacial score (nSPS) is 18.4. The quantitative estimate of drug-likeness (QED) is 0.606. The highest BCUT2D eigenvalue weighted by atomic mass is 32.2. The Hall–Kier alpha value is -1.55. The summed E-state index contributed by atoms with van der Waals surface area (Å²) in [4.78, 5) is 16.0. The van der Waals surface area contributed by atoms with Crippen LogP contribution >= 0.6 is 11.8 Å². The smallest absolute Gasteiger partial charge is 0.247 e. The van der Waals surface area contributed by atoms with E-state index in [2.05, 4.69) is 11.6 Å². The number of hydrogen-bond donors (Lipinski definition) is 0. The summed E-state index contributed by atoms with van der Waals surface area (Å²) < 4.78 is 5.44. The predicted octanol–water partition coefficient (Wildman–Crippen LogP) is 2.54. The zero-order chi connectivity index (χ0) is 12.1. The van der Waals surface area contributed by atoms with Crippen molar-refractivity contribution in [1.29, 1.82) is 0 Å². The minimum atomic E-state index is -0.0377. The first-order valence-electron chi connectivity index (χ1n) is 5.34. The number of Topliss-reactive ketones (excluding diaryl/α,β-unsaturated/α-hetero) is 1. The highest BCUT2D eigenvalue weighted by molar-refractivity contribution is 8.14. The third-order valence-electron chi connectivity index (χ3n) is 2.34. The Kier molecular flexibility index (Phi) is 3.98. The molecule has 2 rings (SSSR count). The molecule has 4 heteroatoms. The summed E-state index contributed by atoms with van der Waals surface area (Å²) >= 11 is 1.34. The van der Waals surface area contributed by atoms with Gasteiger partial charge in [0.05, 0.1) is 12.3 Å². The van der Waals surface area contributed by atoms with Crippen molar-refractivity contribution in [2.75, 3.05) is 12.3 Å². The molecule has 0 aromatic heterocycles. The topological polar surface area (TPSA) is 38.7 Å². The second-order valence-corrected chi connectivity index (χ2v) is 4.50. The molecule has 1 aliphatic heterocycles. The lowest BCUT2D eigenvalue weighted by atomic mass is 10.2. The second kappa shape index (κ2) is 5.68. The van der Waals surface area contributed by atoms with Gasteiger partial charge in [0.15, 0.2) is 5.78 Å². The van der Waals surface area contributed by atoms with E-state index in [1.807, 2.05) is 30.3 Å². The van der Waals surface area contributed by atoms with E-state index in [1.54, 1.807) is 6.08 Å². The number of thioether (sulfide) groups is 1. The molecule has 1 aliphatic rings. The van der Waals surface area contributed by atoms with Crippen molar-refractivity contribution in [2.24, 2.45) is 4.99 Å². The number of hydrogen-bond acceptors (Lipinski definition) is 4. The molecule has 0 radical (unpaired) electrons. The van der Waals surface area contributed by atoms with Crippen LogP contribution in [0.15, 0.2) is 48.0 Å². The van der Waals surface area contributed by atoms with Crippen LogP contribution in [-0.2, 0) is 4.74 Å². The van der Waals surface area contributed by atoms with Crippen LogP contribution in [-0.4, -0.2) is 29.4 Å². The molecule has 0 bridgehead atoms. The number of ketones is 1. The molecule has 3 nitrogen and oxygen atoms in total. The minimum Gasteiger partial charge on any atom is -0.464 e. The highest BCUT2D eigenvalue weighted by Crippen LogP contribution is 2.16. The SMILES string of the molecule is C=CC1CN=C(SCC(=O)c2ccccc2)O1. The van der Waals surface area contributed by atoms with E-state index >= 15 is 0 Å². The van der Waals surface area contributed by atoms with E-state index in [4.69, 9.17) is 4.74 Å². The van der Waals surface area contributed by atoms with Crippen molar-refractivity contribution >= 4 is 22.8 Å². The maximum atomic E-state index is 11.8. The van der Waals surface area contributed by atoms with Gasteiger partial charge >= 0.3 is 0 Å². The Morgan fingerprint density at radius 1 is 1.53 bits per heavy atom. The van der Waals surface area contributed by atoms with E-state index in [-0.39, 0.29) is 11.9 Å². The Labute approximate surface area is 105 Å². The van der Waals surface area contributed by atoms with Crippen LogP contribution in [0.2, 0.25) is 0 Å². The predicted molar refractivity (Wildman–Crippen MR) is 70.6 cm³/mol. The summed E-state index contributed by atoms with van der Waals surface area (Å²) in [5.74, 6) is 0.441. The number of rotatable bonds is 4. The summed E-state index contributed by atoms with van der Waals surface area (Å²) in [6, 6.07) is 9.23.